The molecule has 1 atom stereocenters. The fourth-order valence-corrected chi connectivity index (χ4v) is 2.20. The van der Waals surface area contributed by atoms with Gasteiger partial charge in [0.1, 0.15) is 0 Å². The van der Waals surface area contributed by atoms with E-state index in [2.05, 4.69) is 39.9 Å². The Morgan fingerprint density at radius 2 is 1.80 bits per heavy atom. The molecule has 1 N–H and O–H groups in total. The zero-order valence-electron chi connectivity index (χ0n) is 11.1. The maximum absolute atomic E-state index is 6.24. The highest BCUT2D eigenvalue weighted by Crippen LogP contribution is 2.23. The first-order valence-electron chi connectivity index (χ1n) is 6.16. The number of hydrogen-bond acceptors (Lipinski definition) is 1. The fraction of sp³-hybridized carbons (Fsp3) is 1.00. The molecular formula is C13H28ClN. The number of alkyl halides is 1. The van der Waals surface area contributed by atoms with Gasteiger partial charge in [-0.1, -0.05) is 34.6 Å². The van der Waals surface area contributed by atoms with Gasteiger partial charge in [0.15, 0.2) is 0 Å². The average Bonchev–Trinajstić information content (AvgIpc) is 1.99. The van der Waals surface area contributed by atoms with E-state index >= 15 is 0 Å². The summed E-state index contributed by atoms with van der Waals surface area (Å²) < 4.78 is 0. The third kappa shape index (κ3) is 12.2. The molecule has 0 saturated heterocycles. The van der Waals surface area contributed by atoms with Crippen LogP contribution in [0.5, 0.6) is 0 Å². The van der Waals surface area contributed by atoms with E-state index in [1.165, 1.54) is 12.8 Å². The molecule has 0 aliphatic heterocycles. The molecule has 0 aliphatic rings. The lowest BCUT2D eigenvalue weighted by atomic mass is 9.90. The molecule has 0 aromatic rings. The monoisotopic (exact) mass is 233 g/mol. The third-order valence-corrected chi connectivity index (χ3v) is 2.64. The molecule has 0 saturated carbocycles. The molecule has 0 fully saturated rings. The van der Waals surface area contributed by atoms with Crippen molar-refractivity contribution in [2.24, 2.45) is 11.3 Å². The summed E-state index contributed by atoms with van der Waals surface area (Å²) in [5, 5.41) is 3.70. The van der Waals surface area contributed by atoms with Crippen molar-refractivity contribution in [1.29, 1.82) is 0 Å². The van der Waals surface area contributed by atoms with Crippen molar-refractivity contribution >= 4 is 11.6 Å². The number of nitrogens with one attached hydrogen (secondary N) is 1. The normalized spacial score (nSPS) is 14.6. The Hall–Kier alpha value is 0.250. The molecule has 0 aromatic carbocycles. The lowest BCUT2D eigenvalue weighted by Gasteiger charge is -2.22. The molecule has 1 unspecified atom stereocenters. The summed E-state index contributed by atoms with van der Waals surface area (Å²) in [4.78, 5) is 0. The minimum Gasteiger partial charge on any atom is -0.315 e. The number of halogens is 1. The minimum atomic E-state index is 0.268. The second-order valence-electron chi connectivity index (χ2n) is 6.10. The predicted octanol–water partition coefficient (Wildman–Crippen LogP) is 4.06. The SMILES string of the molecule is CC(C)CCCNCC(Cl)CC(C)(C)C. The fourth-order valence-electron chi connectivity index (χ4n) is 1.63. The summed E-state index contributed by atoms with van der Waals surface area (Å²) in [7, 11) is 0. The molecule has 0 amide bonds. The molecule has 92 valence electrons. The van der Waals surface area contributed by atoms with E-state index in [1.807, 2.05) is 0 Å². The standard InChI is InChI=1S/C13H28ClN/c1-11(2)7-6-8-15-10-12(14)9-13(3,4)5/h11-12,15H,6-10H2,1-5H3. The van der Waals surface area contributed by atoms with Crippen LogP contribution in [0.3, 0.4) is 0 Å². The second-order valence-corrected chi connectivity index (χ2v) is 6.72. The van der Waals surface area contributed by atoms with Crippen LogP contribution in [0.4, 0.5) is 0 Å². The Kier molecular flexibility index (Phi) is 7.64. The van der Waals surface area contributed by atoms with E-state index in [-0.39, 0.29) is 5.38 Å². The summed E-state index contributed by atoms with van der Waals surface area (Å²) in [5.41, 5.74) is 0.339. The summed E-state index contributed by atoms with van der Waals surface area (Å²) >= 11 is 6.24. The van der Waals surface area contributed by atoms with E-state index in [0.29, 0.717) is 5.41 Å². The Labute approximate surface area is 101 Å². The van der Waals surface area contributed by atoms with Crippen molar-refractivity contribution in [2.75, 3.05) is 13.1 Å². The van der Waals surface area contributed by atoms with Crippen LogP contribution in [0.2, 0.25) is 0 Å². The van der Waals surface area contributed by atoms with Gasteiger partial charge >= 0.3 is 0 Å². The molecule has 0 rings (SSSR count). The Bertz CT molecular complexity index is 149. The van der Waals surface area contributed by atoms with Gasteiger partial charge in [-0.15, -0.1) is 11.6 Å². The lowest BCUT2D eigenvalue weighted by Crippen LogP contribution is -2.27. The Balaban J connectivity index is 3.36. The third-order valence-electron chi connectivity index (χ3n) is 2.33. The van der Waals surface area contributed by atoms with Gasteiger partial charge in [-0.05, 0) is 37.1 Å². The van der Waals surface area contributed by atoms with Crippen LogP contribution in [-0.2, 0) is 0 Å². The van der Waals surface area contributed by atoms with Crippen molar-refractivity contribution in [3.05, 3.63) is 0 Å². The van der Waals surface area contributed by atoms with E-state index < -0.39 is 0 Å². The van der Waals surface area contributed by atoms with Gasteiger partial charge in [0.25, 0.3) is 0 Å². The zero-order chi connectivity index (χ0) is 11.9. The average molecular weight is 234 g/mol. The quantitative estimate of drug-likeness (QED) is 0.517. The van der Waals surface area contributed by atoms with Crippen LogP contribution in [0, 0.1) is 11.3 Å². The van der Waals surface area contributed by atoms with Crippen molar-refractivity contribution in [3.8, 4) is 0 Å². The van der Waals surface area contributed by atoms with Gasteiger partial charge in [0, 0.05) is 11.9 Å². The summed E-state index contributed by atoms with van der Waals surface area (Å²) in [6.45, 7) is 13.3. The Morgan fingerprint density at radius 1 is 1.20 bits per heavy atom. The molecule has 1 nitrogen and oxygen atoms in total. The van der Waals surface area contributed by atoms with E-state index in [1.54, 1.807) is 0 Å². The molecule has 0 heterocycles. The topological polar surface area (TPSA) is 12.0 Å². The van der Waals surface area contributed by atoms with Gasteiger partial charge in [0.05, 0.1) is 0 Å². The Morgan fingerprint density at radius 3 is 2.27 bits per heavy atom. The summed E-state index contributed by atoms with van der Waals surface area (Å²) in [5.74, 6) is 0.813. The van der Waals surface area contributed by atoms with Crippen molar-refractivity contribution in [2.45, 2.75) is 59.3 Å². The van der Waals surface area contributed by atoms with E-state index in [9.17, 15) is 0 Å². The van der Waals surface area contributed by atoms with Gasteiger partial charge in [0.2, 0.25) is 0 Å². The van der Waals surface area contributed by atoms with Gasteiger partial charge in [-0.3, -0.25) is 0 Å². The van der Waals surface area contributed by atoms with Gasteiger partial charge in [-0.25, -0.2) is 0 Å². The molecule has 0 radical (unpaired) electrons. The molecule has 15 heavy (non-hydrogen) atoms. The van der Waals surface area contributed by atoms with Crippen LogP contribution in [0.15, 0.2) is 0 Å². The van der Waals surface area contributed by atoms with Crippen molar-refractivity contribution in [1.82, 2.24) is 5.32 Å². The van der Waals surface area contributed by atoms with Gasteiger partial charge in [-0.2, -0.15) is 0 Å². The largest absolute Gasteiger partial charge is 0.315 e. The maximum atomic E-state index is 6.24. The molecular weight excluding hydrogens is 206 g/mol. The minimum absolute atomic E-state index is 0.268. The van der Waals surface area contributed by atoms with Crippen LogP contribution >= 0.6 is 11.6 Å². The maximum Gasteiger partial charge on any atom is 0.0465 e. The summed E-state index contributed by atoms with van der Waals surface area (Å²) in [6, 6.07) is 0. The highest BCUT2D eigenvalue weighted by atomic mass is 35.5. The molecule has 0 aromatic heterocycles. The number of hydrogen-bond donors (Lipinski definition) is 1. The highest BCUT2D eigenvalue weighted by molar-refractivity contribution is 6.20. The summed E-state index contributed by atoms with van der Waals surface area (Å²) in [6.07, 6.45) is 3.64. The first-order valence-corrected chi connectivity index (χ1v) is 6.59. The van der Waals surface area contributed by atoms with Gasteiger partial charge < -0.3 is 5.32 Å². The lowest BCUT2D eigenvalue weighted by molar-refractivity contribution is 0.364. The van der Waals surface area contributed by atoms with E-state index in [0.717, 1.165) is 25.4 Å². The van der Waals surface area contributed by atoms with Crippen LogP contribution in [-0.4, -0.2) is 18.5 Å². The second kappa shape index (κ2) is 7.51. The molecule has 0 bridgehead atoms. The number of rotatable bonds is 7. The van der Waals surface area contributed by atoms with Crippen LogP contribution in [0.1, 0.15) is 53.9 Å². The molecule has 0 aliphatic carbocycles. The van der Waals surface area contributed by atoms with Crippen LogP contribution < -0.4 is 5.32 Å². The zero-order valence-corrected chi connectivity index (χ0v) is 11.8. The van der Waals surface area contributed by atoms with Crippen molar-refractivity contribution in [3.63, 3.8) is 0 Å². The molecule has 0 spiro atoms. The smallest absolute Gasteiger partial charge is 0.0465 e. The molecule has 2 heteroatoms. The first-order chi connectivity index (χ1) is 6.81. The van der Waals surface area contributed by atoms with Crippen molar-refractivity contribution < 1.29 is 0 Å². The highest BCUT2D eigenvalue weighted by Gasteiger charge is 2.16. The predicted molar refractivity (Wildman–Crippen MR) is 70.7 cm³/mol. The van der Waals surface area contributed by atoms with E-state index in [4.69, 9.17) is 11.6 Å². The first kappa shape index (κ1) is 15.2. The van der Waals surface area contributed by atoms with Crippen LogP contribution in [0.25, 0.3) is 0 Å².